The quantitative estimate of drug-likeness (QED) is 0.789. The van der Waals surface area contributed by atoms with Crippen LogP contribution in [0.4, 0.5) is 0 Å². The molecule has 2 atom stereocenters. The van der Waals surface area contributed by atoms with E-state index in [9.17, 15) is 4.79 Å². The Bertz CT molecular complexity index is 617. The van der Waals surface area contributed by atoms with Crippen molar-refractivity contribution in [1.82, 2.24) is 15.3 Å². The van der Waals surface area contributed by atoms with Crippen LogP contribution in [0.15, 0.2) is 21.4 Å². The van der Waals surface area contributed by atoms with E-state index in [1.54, 1.807) is 0 Å². The predicted octanol–water partition coefficient (Wildman–Crippen LogP) is 3.32. The van der Waals surface area contributed by atoms with Crippen molar-refractivity contribution < 1.29 is 0 Å². The molecule has 0 bridgehead atoms. The molecule has 5 heteroatoms. The van der Waals surface area contributed by atoms with Crippen molar-refractivity contribution in [2.75, 3.05) is 7.05 Å². The molecule has 2 unspecified atom stereocenters. The maximum atomic E-state index is 11.3. The Morgan fingerprint density at radius 1 is 1.32 bits per heavy atom. The number of fused-ring (bicyclic) bond motifs is 1. The molecule has 3 N–H and O–H groups in total. The number of hydrogen-bond acceptors (Lipinski definition) is 2. The fraction of sp³-hybridized carbons (Fsp3) is 0.500. The summed E-state index contributed by atoms with van der Waals surface area (Å²) in [5.74, 6) is 0.536. The first-order valence-electron chi connectivity index (χ1n) is 6.65. The zero-order chi connectivity index (χ0) is 14.0. The van der Waals surface area contributed by atoms with Crippen LogP contribution in [0.25, 0.3) is 11.0 Å². The molecule has 1 aromatic carbocycles. The van der Waals surface area contributed by atoms with Crippen molar-refractivity contribution in [3.63, 3.8) is 0 Å². The van der Waals surface area contributed by atoms with Gasteiger partial charge in [-0.3, -0.25) is 0 Å². The van der Waals surface area contributed by atoms with Gasteiger partial charge in [0.1, 0.15) is 0 Å². The zero-order valence-corrected chi connectivity index (χ0v) is 13.1. The van der Waals surface area contributed by atoms with Crippen LogP contribution in [-0.4, -0.2) is 17.0 Å². The molecule has 0 amide bonds. The van der Waals surface area contributed by atoms with Gasteiger partial charge in [-0.1, -0.05) is 36.2 Å². The van der Waals surface area contributed by atoms with Gasteiger partial charge < -0.3 is 15.3 Å². The smallest absolute Gasteiger partial charge is 0.313 e. The van der Waals surface area contributed by atoms with Crippen molar-refractivity contribution in [2.45, 2.75) is 32.7 Å². The molecule has 0 aliphatic carbocycles. The summed E-state index contributed by atoms with van der Waals surface area (Å²) in [5, 5.41) is 3.38. The van der Waals surface area contributed by atoms with E-state index in [0.29, 0.717) is 5.92 Å². The lowest BCUT2D eigenvalue weighted by Crippen LogP contribution is -2.23. The third kappa shape index (κ3) is 2.92. The molecule has 0 saturated carbocycles. The number of hydrogen-bond donors (Lipinski definition) is 3. The highest BCUT2D eigenvalue weighted by molar-refractivity contribution is 9.10. The highest BCUT2D eigenvalue weighted by atomic mass is 79.9. The van der Waals surface area contributed by atoms with E-state index >= 15 is 0 Å². The molecule has 0 aliphatic heterocycles. The molecule has 0 saturated heterocycles. The van der Waals surface area contributed by atoms with E-state index in [-0.39, 0.29) is 11.7 Å². The lowest BCUT2D eigenvalue weighted by atomic mass is 9.91. The average Bonchev–Trinajstić information content (AvgIpc) is 2.70. The predicted molar refractivity (Wildman–Crippen MR) is 82.5 cm³/mol. The van der Waals surface area contributed by atoms with Gasteiger partial charge in [-0.2, -0.15) is 0 Å². The Morgan fingerprint density at radius 2 is 1.95 bits per heavy atom. The second-order valence-corrected chi connectivity index (χ2v) is 5.89. The van der Waals surface area contributed by atoms with Gasteiger partial charge in [0.15, 0.2) is 0 Å². The summed E-state index contributed by atoms with van der Waals surface area (Å²) in [4.78, 5) is 16.9. The second-order valence-electron chi connectivity index (χ2n) is 5.03. The first-order chi connectivity index (χ1) is 9.06. The molecule has 0 aliphatic rings. The molecular formula is C14H20BrN3O. The van der Waals surface area contributed by atoms with E-state index in [1.165, 1.54) is 18.4 Å². The highest BCUT2D eigenvalue weighted by Gasteiger charge is 2.20. The molecule has 1 aromatic heterocycles. The Labute approximate surface area is 121 Å². The average molecular weight is 326 g/mol. The van der Waals surface area contributed by atoms with Crippen molar-refractivity contribution in [3.05, 3.63) is 32.7 Å². The van der Waals surface area contributed by atoms with Gasteiger partial charge in [-0.25, -0.2) is 4.79 Å². The number of imidazole rings is 1. The molecule has 2 rings (SSSR count). The van der Waals surface area contributed by atoms with Gasteiger partial charge in [0.25, 0.3) is 0 Å². The molecule has 4 nitrogen and oxygen atoms in total. The van der Waals surface area contributed by atoms with Crippen molar-refractivity contribution in [1.29, 1.82) is 0 Å². The summed E-state index contributed by atoms with van der Waals surface area (Å²) in [6.07, 6.45) is 2.33. The standard InChI is InChI=1S/C14H20BrN3O/c1-4-5-8(2)13(16-3)9-6-11-12(7-10(9)15)18-14(19)17-11/h6-8,13,16H,4-5H2,1-3H3,(H2,17,18,19). The molecular weight excluding hydrogens is 306 g/mol. The number of rotatable bonds is 5. The number of halogens is 1. The fourth-order valence-corrected chi connectivity index (χ4v) is 3.27. The molecule has 0 radical (unpaired) electrons. The van der Waals surface area contributed by atoms with Gasteiger partial charge in [0, 0.05) is 10.5 Å². The van der Waals surface area contributed by atoms with Crippen LogP contribution in [-0.2, 0) is 0 Å². The van der Waals surface area contributed by atoms with Crippen LogP contribution >= 0.6 is 15.9 Å². The fourth-order valence-electron chi connectivity index (χ4n) is 2.68. The summed E-state index contributed by atoms with van der Waals surface area (Å²) in [6, 6.07) is 4.29. The van der Waals surface area contributed by atoms with Crippen LogP contribution in [0.2, 0.25) is 0 Å². The minimum atomic E-state index is -0.165. The Morgan fingerprint density at radius 3 is 2.53 bits per heavy atom. The lowest BCUT2D eigenvalue weighted by molar-refractivity contribution is 0.383. The maximum absolute atomic E-state index is 11.3. The van der Waals surface area contributed by atoms with E-state index in [1.807, 2.05) is 19.2 Å². The van der Waals surface area contributed by atoms with E-state index in [4.69, 9.17) is 0 Å². The van der Waals surface area contributed by atoms with Crippen LogP contribution in [0, 0.1) is 5.92 Å². The normalized spacial score (nSPS) is 14.7. The Hall–Kier alpha value is -1.07. The minimum absolute atomic E-state index is 0.165. The molecule has 0 spiro atoms. The SMILES string of the molecule is CCCC(C)C(NC)c1cc2[nH]c(=O)[nH]c2cc1Br. The molecule has 1 heterocycles. The van der Waals surface area contributed by atoms with Crippen LogP contribution in [0.3, 0.4) is 0 Å². The number of aromatic amines is 2. The van der Waals surface area contributed by atoms with Crippen molar-refractivity contribution >= 4 is 27.0 Å². The van der Waals surface area contributed by atoms with Gasteiger partial charge in [-0.05, 0) is 37.1 Å². The summed E-state index contributed by atoms with van der Waals surface area (Å²) < 4.78 is 1.03. The minimum Gasteiger partial charge on any atom is -0.313 e. The highest BCUT2D eigenvalue weighted by Crippen LogP contribution is 2.32. The summed E-state index contributed by atoms with van der Waals surface area (Å²) in [5.41, 5.74) is 2.71. The summed E-state index contributed by atoms with van der Waals surface area (Å²) >= 11 is 3.61. The first-order valence-corrected chi connectivity index (χ1v) is 7.44. The van der Waals surface area contributed by atoms with Crippen molar-refractivity contribution in [2.24, 2.45) is 5.92 Å². The van der Waals surface area contributed by atoms with Crippen LogP contribution in [0.1, 0.15) is 38.3 Å². The monoisotopic (exact) mass is 325 g/mol. The number of aromatic nitrogens is 2. The first kappa shape index (κ1) is 14.3. The van der Waals surface area contributed by atoms with Gasteiger partial charge in [0.2, 0.25) is 0 Å². The summed E-state index contributed by atoms with van der Waals surface area (Å²) in [6.45, 7) is 4.45. The molecule has 104 valence electrons. The largest absolute Gasteiger partial charge is 0.323 e. The topological polar surface area (TPSA) is 60.7 Å². The van der Waals surface area contributed by atoms with E-state index < -0.39 is 0 Å². The zero-order valence-electron chi connectivity index (χ0n) is 11.5. The van der Waals surface area contributed by atoms with Crippen molar-refractivity contribution in [3.8, 4) is 0 Å². The molecule has 19 heavy (non-hydrogen) atoms. The third-order valence-corrected chi connectivity index (χ3v) is 4.28. The van der Waals surface area contributed by atoms with E-state index in [0.717, 1.165) is 15.5 Å². The Balaban J connectivity index is 2.46. The Kier molecular flexibility index (Phi) is 4.47. The van der Waals surface area contributed by atoms with Crippen LogP contribution in [0.5, 0.6) is 0 Å². The summed E-state index contributed by atoms with van der Waals surface area (Å²) in [7, 11) is 1.98. The molecule has 0 fully saturated rings. The number of H-pyrrole nitrogens is 2. The van der Waals surface area contributed by atoms with Gasteiger partial charge in [0.05, 0.1) is 11.0 Å². The van der Waals surface area contributed by atoms with Gasteiger partial charge >= 0.3 is 5.69 Å². The lowest BCUT2D eigenvalue weighted by Gasteiger charge is -2.24. The molecule has 2 aromatic rings. The number of nitrogens with one attached hydrogen (secondary N) is 3. The third-order valence-electron chi connectivity index (χ3n) is 3.59. The van der Waals surface area contributed by atoms with Gasteiger partial charge in [-0.15, -0.1) is 0 Å². The number of benzene rings is 1. The van der Waals surface area contributed by atoms with E-state index in [2.05, 4.69) is 45.1 Å². The van der Waals surface area contributed by atoms with Crippen LogP contribution < -0.4 is 11.0 Å². The second kappa shape index (κ2) is 5.92. The maximum Gasteiger partial charge on any atom is 0.323 e.